The molecule has 5 heteroatoms. The molecule has 3 atom stereocenters. The van der Waals surface area contributed by atoms with Gasteiger partial charge in [0.05, 0.1) is 12.7 Å². The number of fused-ring (bicyclic) bond motifs is 1. The molecule has 0 aromatic carbocycles. The third-order valence-electron chi connectivity index (χ3n) is 2.32. The lowest BCUT2D eigenvalue weighted by Gasteiger charge is -2.15. The minimum Gasteiger partial charge on any atom is -0.423 e. The highest BCUT2D eigenvalue weighted by atomic mass is 16.7. The molecular weight excluding hydrogens is 159 g/mol. The van der Waals surface area contributed by atoms with Gasteiger partial charge >= 0.3 is 0 Å². The van der Waals surface area contributed by atoms with Gasteiger partial charge in [-0.1, -0.05) is 0 Å². The third kappa shape index (κ3) is 1.50. The first-order valence-electron chi connectivity index (χ1n) is 4.25. The summed E-state index contributed by atoms with van der Waals surface area (Å²) in [6, 6.07) is 0. The molecule has 0 aromatic heterocycles. The fourth-order valence-corrected chi connectivity index (χ4v) is 1.73. The van der Waals surface area contributed by atoms with Gasteiger partial charge in [-0.15, -0.1) is 0 Å². The first-order chi connectivity index (χ1) is 5.92. The standard InChI is InChI=1S/C7H13BO4/c8-12-4-11-6-3-10-5-1-2-9-7(5)6/h5-7H,1-4,8H2/t5-,6?,7+/m1/s1. The Hall–Kier alpha value is -0.0951. The van der Waals surface area contributed by atoms with E-state index in [1.807, 2.05) is 0 Å². The second-order valence-corrected chi connectivity index (χ2v) is 3.11. The molecule has 4 nitrogen and oxygen atoms in total. The molecule has 2 heterocycles. The molecule has 2 aliphatic heterocycles. The van der Waals surface area contributed by atoms with Crippen LogP contribution in [-0.4, -0.2) is 46.4 Å². The van der Waals surface area contributed by atoms with Crippen LogP contribution in [0.25, 0.3) is 0 Å². The van der Waals surface area contributed by atoms with Gasteiger partial charge in [0, 0.05) is 6.61 Å². The average Bonchev–Trinajstić information content (AvgIpc) is 2.62. The Labute approximate surface area is 72.6 Å². The Balaban J connectivity index is 1.83. The van der Waals surface area contributed by atoms with Crippen LogP contribution in [0.2, 0.25) is 0 Å². The lowest BCUT2D eigenvalue weighted by molar-refractivity contribution is -0.0792. The van der Waals surface area contributed by atoms with Crippen molar-refractivity contribution in [2.45, 2.75) is 24.7 Å². The molecule has 0 N–H and O–H groups in total. The SMILES string of the molecule is BOCOC1CO[C@@H]2CCO[C@H]12. The van der Waals surface area contributed by atoms with Crippen molar-refractivity contribution in [1.82, 2.24) is 0 Å². The van der Waals surface area contributed by atoms with Gasteiger partial charge in [-0.25, -0.2) is 0 Å². The second kappa shape index (κ2) is 3.74. The Bertz CT molecular complexity index is 154. The van der Waals surface area contributed by atoms with E-state index in [1.165, 1.54) is 0 Å². The normalized spacial score (nSPS) is 40.2. The zero-order valence-electron chi connectivity index (χ0n) is 7.19. The monoisotopic (exact) mass is 172 g/mol. The minimum absolute atomic E-state index is 0.0671. The molecule has 0 spiro atoms. The van der Waals surface area contributed by atoms with Crippen molar-refractivity contribution in [3.8, 4) is 0 Å². The molecule has 1 unspecified atom stereocenters. The third-order valence-corrected chi connectivity index (χ3v) is 2.32. The van der Waals surface area contributed by atoms with E-state index in [4.69, 9.17) is 18.9 Å². The Morgan fingerprint density at radius 1 is 1.42 bits per heavy atom. The quantitative estimate of drug-likeness (QED) is 0.407. The van der Waals surface area contributed by atoms with Gasteiger partial charge < -0.3 is 18.9 Å². The highest BCUT2D eigenvalue weighted by molar-refractivity contribution is 5.97. The highest BCUT2D eigenvalue weighted by Gasteiger charge is 2.42. The zero-order chi connectivity index (χ0) is 8.39. The minimum atomic E-state index is 0.0671. The molecule has 2 aliphatic rings. The predicted octanol–water partition coefficient (Wildman–Crippen LogP) is -0.919. The van der Waals surface area contributed by atoms with E-state index in [1.54, 1.807) is 8.05 Å². The van der Waals surface area contributed by atoms with Gasteiger partial charge in [0.25, 0.3) is 8.05 Å². The summed E-state index contributed by atoms with van der Waals surface area (Å²) in [4.78, 5) is 0. The maximum Gasteiger partial charge on any atom is 0.260 e. The fraction of sp³-hybridized carbons (Fsp3) is 1.00. The highest BCUT2D eigenvalue weighted by Crippen LogP contribution is 2.27. The fourth-order valence-electron chi connectivity index (χ4n) is 1.73. The van der Waals surface area contributed by atoms with Gasteiger partial charge in [0.15, 0.2) is 0 Å². The molecule has 0 aliphatic carbocycles. The molecule has 68 valence electrons. The summed E-state index contributed by atoms with van der Waals surface area (Å²) in [5.74, 6) is 0. The maximum absolute atomic E-state index is 5.48. The molecular formula is C7H13BO4. The maximum atomic E-state index is 5.48. The van der Waals surface area contributed by atoms with Crippen LogP contribution < -0.4 is 0 Å². The van der Waals surface area contributed by atoms with E-state index in [0.717, 1.165) is 13.0 Å². The summed E-state index contributed by atoms with van der Waals surface area (Å²) in [6.07, 6.45) is 1.46. The van der Waals surface area contributed by atoms with Gasteiger partial charge in [-0.3, -0.25) is 0 Å². The van der Waals surface area contributed by atoms with Crippen LogP contribution in [0, 0.1) is 0 Å². The molecule has 0 amide bonds. The Kier molecular flexibility index (Phi) is 2.65. The molecule has 2 rings (SSSR count). The van der Waals surface area contributed by atoms with Crippen molar-refractivity contribution in [3.05, 3.63) is 0 Å². The van der Waals surface area contributed by atoms with Crippen LogP contribution in [0.4, 0.5) is 0 Å². The lowest BCUT2D eigenvalue weighted by atomic mass is 10.1. The van der Waals surface area contributed by atoms with Crippen molar-refractivity contribution in [3.63, 3.8) is 0 Å². The topological polar surface area (TPSA) is 36.9 Å². The zero-order valence-corrected chi connectivity index (χ0v) is 7.19. The van der Waals surface area contributed by atoms with Crippen LogP contribution >= 0.6 is 0 Å². The smallest absolute Gasteiger partial charge is 0.260 e. The summed E-state index contributed by atoms with van der Waals surface area (Å²) in [5, 5.41) is 0. The van der Waals surface area contributed by atoms with Crippen molar-refractivity contribution in [2.24, 2.45) is 0 Å². The van der Waals surface area contributed by atoms with E-state index < -0.39 is 0 Å². The Morgan fingerprint density at radius 3 is 3.17 bits per heavy atom. The molecule has 0 radical (unpaired) electrons. The summed E-state index contributed by atoms with van der Waals surface area (Å²) in [6.45, 7) is 1.75. The first-order valence-corrected chi connectivity index (χ1v) is 4.25. The van der Waals surface area contributed by atoms with Crippen LogP contribution in [0.3, 0.4) is 0 Å². The van der Waals surface area contributed by atoms with E-state index in [2.05, 4.69) is 0 Å². The molecule has 0 bridgehead atoms. The van der Waals surface area contributed by atoms with Crippen molar-refractivity contribution >= 4 is 8.05 Å². The lowest BCUT2D eigenvalue weighted by Crippen LogP contribution is -2.30. The summed E-state index contributed by atoms with van der Waals surface area (Å²) in [5.41, 5.74) is 0. The van der Waals surface area contributed by atoms with Crippen LogP contribution in [-0.2, 0) is 18.9 Å². The van der Waals surface area contributed by atoms with Gasteiger partial charge in [0.2, 0.25) is 0 Å². The largest absolute Gasteiger partial charge is 0.423 e. The van der Waals surface area contributed by atoms with E-state index >= 15 is 0 Å². The van der Waals surface area contributed by atoms with E-state index in [9.17, 15) is 0 Å². The van der Waals surface area contributed by atoms with Gasteiger partial charge in [0.1, 0.15) is 19.0 Å². The van der Waals surface area contributed by atoms with Crippen molar-refractivity contribution < 1.29 is 18.9 Å². The van der Waals surface area contributed by atoms with Crippen LogP contribution in [0.5, 0.6) is 0 Å². The number of hydrogen-bond acceptors (Lipinski definition) is 4. The average molecular weight is 172 g/mol. The van der Waals surface area contributed by atoms with Crippen molar-refractivity contribution in [2.75, 3.05) is 20.0 Å². The summed E-state index contributed by atoms with van der Waals surface area (Å²) >= 11 is 0. The molecule has 0 aromatic rings. The molecule has 2 saturated heterocycles. The number of rotatable bonds is 3. The molecule has 12 heavy (non-hydrogen) atoms. The first kappa shape index (κ1) is 8.50. The Morgan fingerprint density at radius 2 is 2.33 bits per heavy atom. The number of hydrogen-bond donors (Lipinski definition) is 0. The molecule has 0 saturated carbocycles. The molecule has 2 fully saturated rings. The second-order valence-electron chi connectivity index (χ2n) is 3.11. The predicted molar refractivity (Wildman–Crippen MR) is 43.5 cm³/mol. The van der Waals surface area contributed by atoms with E-state index in [-0.39, 0.29) is 18.3 Å². The number of ether oxygens (including phenoxy) is 3. The summed E-state index contributed by atoms with van der Waals surface area (Å²) < 4.78 is 21.2. The van der Waals surface area contributed by atoms with Crippen LogP contribution in [0.15, 0.2) is 0 Å². The van der Waals surface area contributed by atoms with Crippen LogP contribution in [0.1, 0.15) is 6.42 Å². The van der Waals surface area contributed by atoms with Gasteiger partial charge in [-0.2, -0.15) is 0 Å². The summed E-state index contributed by atoms with van der Waals surface area (Å²) in [7, 11) is 1.61. The van der Waals surface area contributed by atoms with Gasteiger partial charge in [-0.05, 0) is 6.42 Å². The van der Waals surface area contributed by atoms with Crippen molar-refractivity contribution in [1.29, 1.82) is 0 Å². The van der Waals surface area contributed by atoms with E-state index in [0.29, 0.717) is 13.4 Å².